The molecule has 2 aromatic heterocycles. The monoisotopic (exact) mass is 334 g/mol. The second kappa shape index (κ2) is 6.26. The van der Waals surface area contributed by atoms with Gasteiger partial charge in [-0.05, 0) is 31.4 Å². The molecule has 0 bridgehead atoms. The number of nitrogens with zero attached hydrogens (tertiary/aromatic N) is 2. The van der Waals surface area contributed by atoms with E-state index in [1.165, 1.54) is 5.01 Å². The van der Waals surface area contributed by atoms with Gasteiger partial charge in [-0.15, -0.1) is 22.7 Å². The summed E-state index contributed by atoms with van der Waals surface area (Å²) >= 11 is 9.64. The van der Waals surface area contributed by atoms with Crippen LogP contribution >= 0.6 is 34.3 Å². The third kappa shape index (κ3) is 3.18. The van der Waals surface area contributed by atoms with Crippen LogP contribution in [-0.2, 0) is 6.42 Å². The topological polar surface area (TPSA) is 25.8 Å². The highest BCUT2D eigenvalue weighted by Gasteiger charge is 2.12. The Balaban J connectivity index is 1.91. The summed E-state index contributed by atoms with van der Waals surface area (Å²) in [6, 6.07) is 6.06. The minimum atomic E-state index is 0.747. The number of aromatic nitrogens is 2. The minimum Gasteiger partial charge on any atom is -0.239 e. The van der Waals surface area contributed by atoms with Gasteiger partial charge in [0.2, 0.25) is 0 Å². The van der Waals surface area contributed by atoms with Gasteiger partial charge in [0.05, 0.1) is 15.7 Å². The number of thiazole rings is 2. The molecule has 5 heteroatoms. The minimum absolute atomic E-state index is 0.747. The van der Waals surface area contributed by atoms with Gasteiger partial charge in [-0.1, -0.05) is 30.7 Å². The van der Waals surface area contributed by atoms with Crippen LogP contribution in [0, 0.1) is 6.92 Å². The average molecular weight is 335 g/mol. The van der Waals surface area contributed by atoms with Gasteiger partial charge in [0.25, 0.3) is 0 Å². The van der Waals surface area contributed by atoms with Gasteiger partial charge >= 0.3 is 0 Å². The van der Waals surface area contributed by atoms with Crippen LogP contribution in [0.5, 0.6) is 0 Å². The first kappa shape index (κ1) is 14.7. The maximum Gasteiger partial charge on any atom is 0.143 e. The van der Waals surface area contributed by atoms with E-state index in [2.05, 4.69) is 23.4 Å². The molecule has 0 saturated carbocycles. The highest BCUT2D eigenvalue weighted by atomic mass is 35.5. The second-order valence-corrected chi connectivity index (χ2v) is 7.11. The number of hydrogen-bond donors (Lipinski definition) is 0. The molecule has 108 valence electrons. The van der Waals surface area contributed by atoms with Gasteiger partial charge < -0.3 is 0 Å². The summed E-state index contributed by atoms with van der Waals surface area (Å²) < 4.78 is 0. The zero-order chi connectivity index (χ0) is 14.8. The number of benzene rings is 1. The van der Waals surface area contributed by atoms with Gasteiger partial charge in [-0.25, -0.2) is 9.97 Å². The van der Waals surface area contributed by atoms with Gasteiger partial charge in [-0.3, -0.25) is 0 Å². The summed E-state index contributed by atoms with van der Waals surface area (Å²) in [6.07, 6.45) is 2.15. The fourth-order valence-corrected chi connectivity index (χ4v) is 4.15. The lowest BCUT2D eigenvalue weighted by atomic mass is 10.1. The predicted molar refractivity (Wildman–Crippen MR) is 92.4 cm³/mol. The number of halogens is 1. The Bertz CT molecular complexity index is 761. The molecule has 0 aliphatic carbocycles. The van der Waals surface area contributed by atoms with Crippen molar-refractivity contribution in [3.8, 4) is 22.0 Å². The zero-order valence-electron chi connectivity index (χ0n) is 11.9. The quantitative estimate of drug-likeness (QED) is 0.598. The van der Waals surface area contributed by atoms with Crippen molar-refractivity contribution < 1.29 is 0 Å². The first-order chi connectivity index (χ1) is 10.2. The van der Waals surface area contributed by atoms with E-state index < -0.39 is 0 Å². The zero-order valence-corrected chi connectivity index (χ0v) is 14.3. The Morgan fingerprint density at radius 2 is 1.90 bits per heavy atom. The van der Waals surface area contributed by atoms with E-state index in [1.54, 1.807) is 22.7 Å². The number of hydrogen-bond acceptors (Lipinski definition) is 4. The molecule has 0 aliphatic rings. The molecule has 0 saturated heterocycles. The summed E-state index contributed by atoms with van der Waals surface area (Å²) in [5, 5.41) is 7.02. The SMILES string of the molecule is CCCc1nc(-c2nc(-c3ccc(C)cc3Cl)cs2)cs1. The molecule has 2 heterocycles. The van der Waals surface area contributed by atoms with Gasteiger partial charge in [0, 0.05) is 16.3 Å². The van der Waals surface area contributed by atoms with E-state index >= 15 is 0 Å². The molecular weight excluding hydrogens is 320 g/mol. The van der Waals surface area contributed by atoms with Crippen LogP contribution < -0.4 is 0 Å². The van der Waals surface area contributed by atoms with E-state index in [0.717, 1.165) is 45.4 Å². The summed E-state index contributed by atoms with van der Waals surface area (Å²) in [6.45, 7) is 4.20. The van der Waals surface area contributed by atoms with Crippen molar-refractivity contribution in [1.82, 2.24) is 9.97 Å². The highest BCUT2D eigenvalue weighted by Crippen LogP contribution is 2.33. The Morgan fingerprint density at radius 3 is 2.67 bits per heavy atom. The van der Waals surface area contributed by atoms with Crippen molar-refractivity contribution in [1.29, 1.82) is 0 Å². The number of aryl methyl sites for hydroxylation is 2. The summed E-state index contributed by atoms with van der Waals surface area (Å²) in [5.74, 6) is 0. The van der Waals surface area contributed by atoms with E-state index in [4.69, 9.17) is 16.6 Å². The normalized spacial score (nSPS) is 11.0. The fraction of sp³-hybridized carbons (Fsp3) is 0.250. The second-order valence-electron chi connectivity index (χ2n) is 4.90. The molecule has 0 aliphatic heterocycles. The maximum atomic E-state index is 6.32. The van der Waals surface area contributed by atoms with Crippen molar-refractivity contribution in [2.24, 2.45) is 0 Å². The molecule has 0 spiro atoms. The lowest BCUT2D eigenvalue weighted by Gasteiger charge is -2.01. The van der Waals surface area contributed by atoms with Crippen molar-refractivity contribution in [2.45, 2.75) is 26.7 Å². The molecule has 3 aromatic rings. The molecular formula is C16H15ClN2S2. The molecule has 0 fully saturated rings. The highest BCUT2D eigenvalue weighted by molar-refractivity contribution is 7.14. The summed E-state index contributed by atoms with van der Waals surface area (Å²) in [7, 11) is 0. The lowest BCUT2D eigenvalue weighted by Crippen LogP contribution is -1.84. The van der Waals surface area contributed by atoms with Crippen molar-refractivity contribution in [3.05, 3.63) is 44.6 Å². The smallest absolute Gasteiger partial charge is 0.143 e. The Labute approximate surface area is 137 Å². The predicted octanol–water partition coefficient (Wildman–Crippen LogP) is 5.85. The van der Waals surface area contributed by atoms with Gasteiger partial charge in [-0.2, -0.15) is 0 Å². The molecule has 0 amide bonds. The van der Waals surface area contributed by atoms with E-state index in [0.29, 0.717) is 0 Å². The molecule has 0 radical (unpaired) electrons. The van der Waals surface area contributed by atoms with Crippen LogP contribution in [-0.4, -0.2) is 9.97 Å². The van der Waals surface area contributed by atoms with Crippen LogP contribution in [0.3, 0.4) is 0 Å². The molecule has 3 rings (SSSR count). The summed E-state index contributed by atoms with van der Waals surface area (Å²) in [5.41, 5.74) is 4.03. The standard InChI is InChI=1S/C16H15ClN2S2/c1-3-4-15-18-14(9-20-15)16-19-13(8-21-16)11-6-5-10(2)7-12(11)17/h5-9H,3-4H2,1-2H3. The molecule has 0 N–H and O–H groups in total. The lowest BCUT2D eigenvalue weighted by molar-refractivity contribution is 0.910. The largest absolute Gasteiger partial charge is 0.239 e. The van der Waals surface area contributed by atoms with Crippen LogP contribution in [0.15, 0.2) is 29.0 Å². The summed E-state index contributed by atoms with van der Waals surface area (Å²) in [4.78, 5) is 9.34. The van der Waals surface area contributed by atoms with Crippen molar-refractivity contribution in [3.63, 3.8) is 0 Å². The molecule has 0 atom stereocenters. The van der Waals surface area contributed by atoms with E-state index in [9.17, 15) is 0 Å². The van der Waals surface area contributed by atoms with Crippen LogP contribution in [0.1, 0.15) is 23.9 Å². The Kier molecular flexibility index (Phi) is 4.38. The first-order valence-electron chi connectivity index (χ1n) is 6.84. The number of rotatable bonds is 4. The van der Waals surface area contributed by atoms with Gasteiger partial charge in [0.15, 0.2) is 0 Å². The Hall–Kier alpha value is -1.23. The van der Waals surface area contributed by atoms with E-state index in [-0.39, 0.29) is 0 Å². The third-order valence-electron chi connectivity index (χ3n) is 3.14. The van der Waals surface area contributed by atoms with Crippen LogP contribution in [0.2, 0.25) is 5.02 Å². The van der Waals surface area contributed by atoms with Crippen LogP contribution in [0.25, 0.3) is 22.0 Å². The fourth-order valence-electron chi connectivity index (χ4n) is 2.08. The molecule has 0 unspecified atom stereocenters. The van der Waals surface area contributed by atoms with Gasteiger partial charge in [0.1, 0.15) is 10.7 Å². The molecule has 2 nitrogen and oxygen atoms in total. The van der Waals surface area contributed by atoms with E-state index in [1.807, 2.05) is 24.4 Å². The maximum absolute atomic E-state index is 6.32. The van der Waals surface area contributed by atoms with Crippen molar-refractivity contribution >= 4 is 34.3 Å². The van der Waals surface area contributed by atoms with Crippen LogP contribution in [0.4, 0.5) is 0 Å². The first-order valence-corrected chi connectivity index (χ1v) is 8.98. The Morgan fingerprint density at radius 1 is 1.10 bits per heavy atom. The molecule has 21 heavy (non-hydrogen) atoms. The molecule has 1 aromatic carbocycles. The van der Waals surface area contributed by atoms with Crippen molar-refractivity contribution in [2.75, 3.05) is 0 Å². The third-order valence-corrected chi connectivity index (χ3v) is 5.23. The average Bonchev–Trinajstić information content (AvgIpc) is 3.08.